The minimum absolute atomic E-state index is 0.373. The normalized spacial score (nSPS) is 12.6. The predicted octanol–water partition coefficient (Wildman–Crippen LogP) is 2.57. The van der Waals surface area contributed by atoms with E-state index in [0.29, 0.717) is 5.92 Å². The third-order valence-corrected chi connectivity index (χ3v) is 1.78. The van der Waals surface area contributed by atoms with E-state index in [1.165, 1.54) is 12.8 Å². The second kappa shape index (κ2) is 5.21. The molecule has 0 unspecified atom stereocenters. The summed E-state index contributed by atoms with van der Waals surface area (Å²) in [6.07, 6.45) is 4.33. The highest BCUT2D eigenvalue weighted by atomic mass is 16.1. The van der Waals surface area contributed by atoms with Gasteiger partial charge in [-0.25, -0.2) is 0 Å². The Kier molecular flexibility index (Phi) is 4.91. The molecule has 0 amide bonds. The van der Waals surface area contributed by atoms with Crippen molar-refractivity contribution < 1.29 is 4.79 Å². The molecule has 0 aliphatic heterocycles. The van der Waals surface area contributed by atoms with E-state index in [9.17, 15) is 4.79 Å². The average molecular weight is 140 g/mol. The molecule has 0 aromatic rings. The predicted molar refractivity (Wildman–Crippen MR) is 43.9 cm³/mol. The number of allylic oxidation sites excluding steroid dienone is 1. The Morgan fingerprint density at radius 2 is 2.30 bits per heavy atom. The second-order valence-electron chi connectivity index (χ2n) is 2.74. The lowest BCUT2D eigenvalue weighted by Crippen LogP contribution is -1.98. The van der Waals surface area contributed by atoms with E-state index < -0.39 is 0 Å². The van der Waals surface area contributed by atoms with Crippen molar-refractivity contribution in [2.24, 2.45) is 5.92 Å². The van der Waals surface area contributed by atoms with Gasteiger partial charge in [-0.2, -0.15) is 0 Å². The second-order valence-corrected chi connectivity index (χ2v) is 2.74. The Labute approximate surface area is 63.1 Å². The van der Waals surface area contributed by atoms with Crippen LogP contribution < -0.4 is 0 Å². The molecule has 0 aromatic carbocycles. The molecule has 0 fully saturated rings. The van der Waals surface area contributed by atoms with Gasteiger partial charge in [-0.15, -0.1) is 0 Å². The molecule has 1 nitrogen and oxygen atoms in total. The van der Waals surface area contributed by atoms with Gasteiger partial charge in [-0.1, -0.05) is 33.3 Å². The summed E-state index contributed by atoms with van der Waals surface area (Å²) in [5.74, 6) is 0.373. The van der Waals surface area contributed by atoms with Gasteiger partial charge < -0.3 is 0 Å². The summed E-state index contributed by atoms with van der Waals surface area (Å²) in [6, 6.07) is 0. The molecule has 0 bridgehead atoms. The van der Waals surface area contributed by atoms with Crippen LogP contribution in [-0.2, 0) is 4.79 Å². The number of unbranched alkanes of at least 4 members (excludes halogenated alkanes) is 1. The SMILES string of the molecule is C=C(C=O)[C@@H](C)CCCC. The highest BCUT2D eigenvalue weighted by molar-refractivity contribution is 5.72. The topological polar surface area (TPSA) is 17.1 Å². The minimum atomic E-state index is 0.373. The third kappa shape index (κ3) is 3.44. The summed E-state index contributed by atoms with van der Waals surface area (Å²) >= 11 is 0. The van der Waals surface area contributed by atoms with E-state index in [0.717, 1.165) is 18.3 Å². The van der Waals surface area contributed by atoms with Gasteiger partial charge in [0.15, 0.2) is 0 Å². The highest BCUT2D eigenvalue weighted by Crippen LogP contribution is 2.13. The van der Waals surface area contributed by atoms with E-state index in [-0.39, 0.29) is 0 Å². The number of carbonyl (C=O) groups is 1. The Bertz CT molecular complexity index is 116. The molecular formula is C9H16O. The van der Waals surface area contributed by atoms with Crippen LogP contribution in [0.15, 0.2) is 12.2 Å². The molecular weight excluding hydrogens is 124 g/mol. The van der Waals surface area contributed by atoms with E-state index in [1.807, 2.05) is 6.92 Å². The van der Waals surface area contributed by atoms with Crippen LogP contribution in [0.1, 0.15) is 33.1 Å². The van der Waals surface area contributed by atoms with Crippen LogP contribution in [0.3, 0.4) is 0 Å². The van der Waals surface area contributed by atoms with Gasteiger partial charge in [0.25, 0.3) is 0 Å². The summed E-state index contributed by atoms with van der Waals surface area (Å²) in [4.78, 5) is 10.2. The van der Waals surface area contributed by atoms with E-state index >= 15 is 0 Å². The van der Waals surface area contributed by atoms with Gasteiger partial charge in [-0.05, 0) is 17.9 Å². The van der Waals surface area contributed by atoms with Crippen LogP contribution in [0.5, 0.6) is 0 Å². The van der Waals surface area contributed by atoms with Crippen LogP contribution in [0.25, 0.3) is 0 Å². The first-order valence-corrected chi connectivity index (χ1v) is 3.86. The minimum Gasteiger partial charge on any atom is -0.298 e. The van der Waals surface area contributed by atoms with Crippen molar-refractivity contribution in [1.29, 1.82) is 0 Å². The number of rotatable bonds is 5. The van der Waals surface area contributed by atoms with Crippen LogP contribution in [-0.4, -0.2) is 6.29 Å². The molecule has 58 valence electrons. The molecule has 0 aliphatic carbocycles. The molecule has 0 aromatic heterocycles. The number of hydrogen-bond donors (Lipinski definition) is 0. The van der Waals surface area contributed by atoms with Crippen molar-refractivity contribution in [2.75, 3.05) is 0 Å². The first-order chi connectivity index (χ1) is 4.72. The van der Waals surface area contributed by atoms with E-state index in [1.54, 1.807) is 0 Å². The molecule has 0 saturated carbocycles. The molecule has 1 atom stereocenters. The summed E-state index contributed by atoms with van der Waals surface area (Å²) in [5.41, 5.74) is 0.730. The monoisotopic (exact) mass is 140 g/mol. The van der Waals surface area contributed by atoms with Gasteiger partial charge in [-0.3, -0.25) is 4.79 Å². The van der Waals surface area contributed by atoms with Crippen molar-refractivity contribution in [3.63, 3.8) is 0 Å². The summed E-state index contributed by atoms with van der Waals surface area (Å²) in [7, 11) is 0. The lowest BCUT2D eigenvalue weighted by Gasteiger charge is -2.07. The van der Waals surface area contributed by atoms with Crippen molar-refractivity contribution in [3.05, 3.63) is 12.2 Å². The molecule has 0 heterocycles. The van der Waals surface area contributed by atoms with Crippen LogP contribution >= 0.6 is 0 Å². The maximum absolute atomic E-state index is 10.2. The van der Waals surface area contributed by atoms with Crippen LogP contribution in [0.2, 0.25) is 0 Å². The molecule has 0 saturated heterocycles. The Hall–Kier alpha value is -0.590. The number of hydrogen-bond acceptors (Lipinski definition) is 1. The van der Waals surface area contributed by atoms with Gasteiger partial charge in [0, 0.05) is 0 Å². The summed E-state index contributed by atoms with van der Waals surface area (Å²) in [6.45, 7) is 7.86. The Morgan fingerprint density at radius 3 is 2.70 bits per heavy atom. The largest absolute Gasteiger partial charge is 0.298 e. The molecule has 0 N–H and O–H groups in total. The average Bonchev–Trinajstić information content (AvgIpc) is 1.98. The summed E-state index contributed by atoms with van der Waals surface area (Å²) in [5, 5.41) is 0. The molecule has 0 rings (SSSR count). The smallest absolute Gasteiger partial charge is 0.145 e. The molecule has 0 spiro atoms. The van der Waals surface area contributed by atoms with E-state index in [4.69, 9.17) is 0 Å². The van der Waals surface area contributed by atoms with Crippen LogP contribution in [0.4, 0.5) is 0 Å². The Morgan fingerprint density at radius 1 is 1.70 bits per heavy atom. The van der Waals surface area contributed by atoms with Gasteiger partial charge >= 0.3 is 0 Å². The quantitative estimate of drug-likeness (QED) is 0.423. The lowest BCUT2D eigenvalue weighted by molar-refractivity contribution is -0.105. The molecule has 0 aliphatic rings. The van der Waals surface area contributed by atoms with Gasteiger partial charge in [0.2, 0.25) is 0 Å². The third-order valence-electron chi connectivity index (χ3n) is 1.78. The highest BCUT2D eigenvalue weighted by Gasteiger charge is 2.03. The first kappa shape index (κ1) is 9.41. The maximum Gasteiger partial charge on any atom is 0.145 e. The maximum atomic E-state index is 10.2. The van der Waals surface area contributed by atoms with Crippen molar-refractivity contribution in [1.82, 2.24) is 0 Å². The summed E-state index contributed by atoms with van der Waals surface area (Å²) < 4.78 is 0. The fraction of sp³-hybridized carbons (Fsp3) is 0.667. The zero-order valence-corrected chi connectivity index (χ0v) is 6.89. The van der Waals surface area contributed by atoms with Crippen molar-refractivity contribution >= 4 is 6.29 Å². The lowest BCUT2D eigenvalue weighted by atomic mass is 9.98. The standard InChI is InChI=1S/C9H16O/c1-4-5-6-8(2)9(3)7-10/h7-8H,3-6H2,1-2H3/t8-/m0/s1. The van der Waals surface area contributed by atoms with Crippen LogP contribution in [0, 0.1) is 5.92 Å². The van der Waals surface area contributed by atoms with Crippen molar-refractivity contribution in [3.8, 4) is 0 Å². The van der Waals surface area contributed by atoms with Gasteiger partial charge in [0.1, 0.15) is 6.29 Å². The van der Waals surface area contributed by atoms with Gasteiger partial charge in [0.05, 0.1) is 0 Å². The zero-order valence-electron chi connectivity index (χ0n) is 6.89. The number of aldehydes is 1. The fourth-order valence-electron chi connectivity index (χ4n) is 0.812. The van der Waals surface area contributed by atoms with Crippen molar-refractivity contribution in [2.45, 2.75) is 33.1 Å². The first-order valence-electron chi connectivity index (χ1n) is 3.86. The number of carbonyl (C=O) groups excluding carboxylic acids is 1. The van der Waals surface area contributed by atoms with E-state index in [2.05, 4.69) is 13.5 Å². The fourth-order valence-corrected chi connectivity index (χ4v) is 0.812. The molecule has 1 heteroatoms. The molecule has 0 radical (unpaired) electrons. The Balaban J connectivity index is 3.51. The molecule has 10 heavy (non-hydrogen) atoms. The zero-order chi connectivity index (χ0) is 7.98.